The zero-order valence-electron chi connectivity index (χ0n) is 12.5. The van der Waals surface area contributed by atoms with Crippen LogP contribution in [0.3, 0.4) is 0 Å². The number of benzene rings is 1. The van der Waals surface area contributed by atoms with Crippen molar-refractivity contribution < 1.29 is 18.3 Å². The van der Waals surface area contributed by atoms with Gasteiger partial charge in [0, 0.05) is 19.2 Å². The van der Waals surface area contributed by atoms with Gasteiger partial charge in [-0.05, 0) is 50.1 Å². The van der Waals surface area contributed by atoms with Gasteiger partial charge >= 0.3 is 16.2 Å². The molecule has 0 saturated heterocycles. The molecule has 6 nitrogen and oxygen atoms in total. The van der Waals surface area contributed by atoms with Crippen LogP contribution in [0.15, 0.2) is 24.3 Å². The lowest BCUT2D eigenvalue weighted by Crippen LogP contribution is -2.37. The van der Waals surface area contributed by atoms with E-state index in [0.717, 1.165) is 11.6 Å². The van der Waals surface area contributed by atoms with Crippen LogP contribution < -0.4 is 4.72 Å². The summed E-state index contributed by atoms with van der Waals surface area (Å²) in [4.78, 5) is 10.5. The first-order valence-electron chi connectivity index (χ1n) is 6.40. The van der Waals surface area contributed by atoms with Gasteiger partial charge < -0.3 is 5.11 Å². The largest absolute Gasteiger partial charge is 0.478 e. The number of rotatable bonds is 6. The van der Waals surface area contributed by atoms with Crippen molar-refractivity contribution in [1.29, 1.82) is 0 Å². The summed E-state index contributed by atoms with van der Waals surface area (Å²) < 4.78 is 28.0. The van der Waals surface area contributed by atoms with E-state index < -0.39 is 16.2 Å². The molecule has 0 heterocycles. The van der Waals surface area contributed by atoms with Gasteiger partial charge in [0.05, 0.1) is 5.69 Å². The molecule has 0 bridgehead atoms. The molecule has 0 aliphatic carbocycles. The van der Waals surface area contributed by atoms with Crippen molar-refractivity contribution in [3.05, 3.63) is 35.4 Å². The molecule has 7 heteroatoms. The van der Waals surface area contributed by atoms with Gasteiger partial charge in [-0.1, -0.05) is 6.07 Å². The van der Waals surface area contributed by atoms with Crippen molar-refractivity contribution in [2.24, 2.45) is 0 Å². The predicted octanol–water partition coefficient (Wildman–Crippen LogP) is 2.09. The molecule has 0 aliphatic heterocycles. The van der Waals surface area contributed by atoms with Crippen LogP contribution in [-0.2, 0) is 15.0 Å². The lowest BCUT2D eigenvalue weighted by molar-refractivity contribution is -0.131. The molecule has 1 aromatic rings. The zero-order valence-corrected chi connectivity index (χ0v) is 13.3. The normalized spacial score (nSPS) is 12.3. The molecule has 21 heavy (non-hydrogen) atoms. The van der Waals surface area contributed by atoms with E-state index in [0.29, 0.717) is 11.3 Å². The minimum Gasteiger partial charge on any atom is -0.478 e. The Bertz CT molecular complexity index is 651. The highest BCUT2D eigenvalue weighted by atomic mass is 32.2. The maximum Gasteiger partial charge on any atom is 0.328 e. The Kier molecular flexibility index (Phi) is 5.51. The second-order valence-electron chi connectivity index (χ2n) is 5.02. The summed E-state index contributed by atoms with van der Waals surface area (Å²) in [6.45, 7) is 5.36. The molecule has 0 aliphatic rings. The maximum atomic E-state index is 12.1. The Labute approximate surface area is 125 Å². The van der Waals surface area contributed by atoms with E-state index in [2.05, 4.69) is 4.72 Å². The van der Waals surface area contributed by atoms with Crippen molar-refractivity contribution in [3.8, 4) is 0 Å². The van der Waals surface area contributed by atoms with Gasteiger partial charge in [0.15, 0.2) is 0 Å². The van der Waals surface area contributed by atoms with Crippen LogP contribution >= 0.6 is 0 Å². The Hall–Kier alpha value is -1.86. The van der Waals surface area contributed by atoms with Gasteiger partial charge in [0.2, 0.25) is 0 Å². The summed E-state index contributed by atoms with van der Waals surface area (Å²) in [7, 11) is -2.14. The van der Waals surface area contributed by atoms with Gasteiger partial charge in [-0.25, -0.2) is 4.79 Å². The number of carboxylic acid groups (broad SMARTS) is 1. The number of hydrogen-bond donors (Lipinski definition) is 2. The first-order valence-corrected chi connectivity index (χ1v) is 7.84. The maximum absolute atomic E-state index is 12.1. The van der Waals surface area contributed by atoms with Crippen molar-refractivity contribution in [2.75, 3.05) is 11.8 Å². The molecule has 0 saturated carbocycles. The first-order chi connectivity index (χ1) is 9.61. The average Bonchev–Trinajstić information content (AvgIpc) is 2.34. The second-order valence-corrected chi connectivity index (χ2v) is 6.75. The fourth-order valence-electron chi connectivity index (χ4n) is 1.63. The minimum atomic E-state index is -3.63. The molecule has 116 valence electrons. The van der Waals surface area contributed by atoms with E-state index in [1.165, 1.54) is 17.4 Å². The summed E-state index contributed by atoms with van der Waals surface area (Å²) in [6.07, 6.45) is 2.42. The quantitative estimate of drug-likeness (QED) is 0.787. The summed E-state index contributed by atoms with van der Waals surface area (Å²) in [5, 5.41) is 8.63. The summed E-state index contributed by atoms with van der Waals surface area (Å²) >= 11 is 0. The highest BCUT2D eigenvalue weighted by Crippen LogP contribution is 2.18. The number of carbonyl (C=O) groups is 1. The fourth-order valence-corrected chi connectivity index (χ4v) is 2.75. The number of aryl methyl sites for hydroxylation is 1. The van der Waals surface area contributed by atoms with Crippen molar-refractivity contribution in [3.63, 3.8) is 0 Å². The van der Waals surface area contributed by atoms with Gasteiger partial charge in [0.1, 0.15) is 0 Å². The standard InChI is InChI=1S/C14H20N2O4S/c1-10(2)16(4)21(19,20)15-13-8-11(3)7-12(9-13)5-6-14(17)18/h5-10,15H,1-4H3,(H,17,18)/b6-5+. The van der Waals surface area contributed by atoms with E-state index >= 15 is 0 Å². The summed E-state index contributed by atoms with van der Waals surface area (Å²) in [6, 6.07) is 4.87. The highest BCUT2D eigenvalue weighted by molar-refractivity contribution is 7.90. The van der Waals surface area contributed by atoms with Crippen LogP contribution in [0.25, 0.3) is 6.08 Å². The molecule has 0 radical (unpaired) electrons. The minimum absolute atomic E-state index is 0.168. The molecule has 0 aromatic heterocycles. The first kappa shape index (κ1) is 17.2. The van der Waals surface area contributed by atoms with E-state index in [1.54, 1.807) is 32.0 Å². The number of nitrogens with one attached hydrogen (secondary N) is 1. The lowest BCUT2D eigenvalue weighted by Gasteiger charge is -2.22. The monoisotopic (exact) mass is 312 g/mol. The molecule has 0 fully saturated rings. The number of aliphatic carboxylic acids is 1. The smallest absolute Gasteiger partial charge is 0.328 e. The van der Waals surface area contributed by atoms with Crippen molar-refractivity contribution in [1.82, 2.24) is 4.31 Å². The highest BCUT2D eigenvalue weighted by Gasteiger charge is 2.20. The van der Waals surface area contributed by atoms with E-state index in [-0.39, 0.29) is 6.04 Å². The molecule has 1 rings (SSSR count). The van der Waals surface area contributed by atoms with Crippen LogP contribution in [0.5, 0.6) is 0 Å². The SMILES string of the molecule is Cc1cc(/C=C/C(=O)O)cc(NS(=O)(=O)N(C)C(C)C)c1. The van der Waals surface area contributed by atoms with E-state index in [1.807, 2.05) is 6.92 Å². The predicted molar refractivity (Wildman–Crippen MR) is 83.3 cm³/mol. The van der Waals surface area contributed by atoms with Crippen molar-refractivity contribution in [2.45, 2.75) is 26.8 Å². The van der Waals surface area contributed by atoms with Gasteiger partial charge in [-0.2, -0.15) is 12.7 Å². The Balaban J connectivity index is 3.07. The van der Waals surface area contributed by atoms with Crippen LogP contribution in [0, 0.1) is 6.92 Å². The second kappa shape index (κ2) is 6.73. The molecular formula is C14H20N2O4S. The Morgan fingerprint density at radius 2 is 1.95 bits per heavy atom. The van der Waals surface area contributed by atoms with Gasteiger partial charge in [-0.15, -0.1) is 0 Å². The van der Waals surface area contributed by atoms with Gasteiger partial charge in [-0.3, -0.25) is 4.72 Å². The third kappa shape index (κ3) is 5.20. The van der Waals surface area contributed by atoms with E-state index in [9.17, 15) is 13.2 Å². The molecule has 0 unspecified atom stereocenters. The van der Waals surface area contributed by atoms with Crippen LogP contribution in [0.2, 0.25) is 0 Å². The molecule has 0 atom stereocenters. The average molecular weight is 312 g/mol. The third-order valence-electron chi connectivity index (χ3n) is 2.87. The van der Waals surface area contributed by atoms with Crippen molar-refractivity contribution >= 4 is 27.9 Å². The van der Waals surface area contributed by atoms with Crippen LogP contribution in [0.4, 0.5) is 5.69 Å². The number of hydrogen-bond acceptors (Lipinski definition) is 3. The number of carboxylic acids is 1. The topological polar surface area (TPSA) is 86.7 Å². The third-order valence-corrected chi connectivity index (χ3v) is 4.54. The summed E-state index contributed by atoms with van der Waals surface area (Å²) in [5.74, 6) is -1.06. The van der Waals surface area contributed by atoms with Gasteiger partial charge in [0.25, 0.3) is 0 Å². The molecule has 0 amide bonds. The fraction of sp³-hybridized carbons (Fsp3) is 0.357. The Morgan fingerprint density at radius 1 is 1.33 bits per heavy atom. The number of nitrogens with zero attached hydrogens (tertiary/aromatic N) is 1. The number of anilines is 1. The molecular weight excluding hydrogens is 292 g/mol. The molecule has 2 N–H and O–H groups in total. The van der Waals surface area contributed by atoms with Crippen LogP contribution in [0.1, 0.15) is 25.0 Å². The zero-order chi connectivity index (χ0) is 16.2. The Morgan fingerprint density at radius 3 is 2.48 bits per heavy atom. The molecule has 1 aromatic carbocycles. The van der Waals surface area contributed by atoms with Crippen LogP contribution in [-0.4, -0.2) is 36.9 Å². The van der Waals surface area contributed by atoms with E-state index in [4.69, 9.17) is 5.11 Å². The lowest BCUT2D eigenvalue weighted by atomic mass is 10.1. The summed E-state index contributed by atoms with van der Waals surface area (Å²) in [5.41, 5.74) is 1.84. The molecule has 0 spiro atoms.